The molecule has 1 saturated carbocycles. The summed E-state index contributed by atoms with van der Waals surface area (Å²) in [5, 5.41) is 9.09. The number of esters is 1. The molecule has 0 bridgehead atoms. The predicted octanol–water partition coefficient (Wildman–Crippen LogP) is 4.97. The van der Waals surface area contributed by atoms with E-state index < -0.39 is 0 Å². The SMILES string of the molecule is CCOC(=O)CCC(=O)N(c1ccc(C#CCN(C)c2cccc(C#N)c2)cc1C)C1CCCC1. The second kappa shape index (κ2) is 12.6. The predicted molar refractivity (Wildman–Crippen MR) is 138 cm³/mol. The topological polar surface area (TPSA) is 73.6 Å². The van der Waals surface area contributed by atoms with E-state index in [1.165, 1.54) is 0 Å². The Balaban J connectivity index is 1.72. The summed E-state index contributed by atoms with van der Waals surface area (Å²) < 4.78 is 4.99. The molecule has 1 aliphatic carbocycles. The molecule has 2 aromatic carbocycles. The first kappa shape index (κ1) is 25.8. The third kappa shape index (κ3) is 7.11. The Morgan fingerprint density at radius 3 is 2.54 bits per heavy atom. The molecular formula is C29H33N3O3. The zero-order chi connectivity index (χ0) is 25.2. The number of nitriles is 1. The van der Waals surface area contributed by atoms with Crippen LogP contribution in [0.1, 0.15) is 62.1 Å². The molecule has 0 unspecified atom stereocenters. The van der Waals surface area contributed by atoms with Crippen molar-refractivity contribution in [3.05, 3.63) is 59.2 Å². The van der Waals surface area contributed by atoms with Crippen molar-refractivity contribution in [1.29, 1.82) is 5.26 Å². The van der Waals surface area contributed by atoms with Crippen molar-refractivity contribution in [3.63, 3.8) is 0 Å². The fourth-order valence-corrected chi connectivity index (χ4v) is 4.43. The molecule has 182 valence electrons. The van der Waals surface area contributed by atoms with Crippen LogP contribution in [0.3, 0.4) is 0 Å². The van der Waals surface area contributed by atoms with Crippen molar-refractivity contribution in [1.82, 2.24) is 0 Å². The normalized spacial score (nSPS) is 12.9. The van der Waals surface area contributed by atoms with Crippen molar-refractivity contribution in [2.45, 2.75) is 58.4 Å². The van der Waals surface area contributed by atoms with Gasteiger partial charge < -0.3 is 14.5 Å². The van der Waals surface area contributed by atoms with Gasteiger partial charge in [0.15, 0.2) is 0 Å². The van der Waals surface area contributed by atoms with Gasteiger partial charge in [-0.2, -0.15) is 5.26 Å². The highest BCUT2D eigenvalue weighted by Crippen LogP contribution is 2.31. The second-order valence-electron chi connectivity index (χ2n) is 8.83. The van der Waals surface area contributed by atoms with Gasteiger partial charge in [-0.1, -0.05) is 30.7 Å². The smallest absolute Gasteiger partial charge is 0.306 e. The minimum absolute atomic E-state index is 0.0342. The van der Waals surface area contributed by atoms with Gasteiger partial charge in [0.05, 0.1) is 31.2 Å². The highest BCUT2D eigenvalue weighted by molar-refractivity contribution is 5.96. The molecule has 6 heteroatoms. The zero-order valence-corrected chi connectivity index (χ0v) is 20.8. The summed E-state index contributed by atoms with van der Waals surface area (Å²) in [6, 6.07) is 15.7. The number of carbonyl (C=O) groups excluding carboxylic acids is 2. The Kier molecular flexibility index (Phi) is 9.32. The van der Waals surface area contributed by atoms with Gasteiger partial charge in [0.2, 0.25) is 5.91 Å². The maximum absolute atomic E-state index is 13.2. The average molecular weight is 472 g/mol. The van der Waals surface area contributed by atoms with Crippen LogP contribution in [0.15, 0.2) is 42.5 Å². The molecule has 1 aliphatic rings. The third-order valence-corrected chi connectivity index (χ3v) is 6.23. The number of aryl methyl sites for hydroxylation is 1. The Bertz CT molecular complexity index is 1150. The molecular weight excluding hydrogens is 438 g/mol. The zero-order valence-electron chi connectivity index (χ0n) is 20.8. The number of anilines is 2. The van der Waals surface area contributed by atoms with Crippen molar-refractivity contribution < 1.29 is 14.3 Å². The van der Waals surface area contributed by atoms with Crippen LogP contribution in [0.5, 0.6) is 0 Å². The van der Waals surface area contributed by atoms with Crippen LogP contribution in [-0.2, 0) is 14.3 Å². The second-order valence-corrected chi connectivity index (χ2v) is 8.83. The molecule has 0 aromatic heterocycles. The highest BCUT2D eigenvalue weighted by Gasteiger charge is 2.29. The van der Waals surface area contributed by atoms with Crippen molar-refractivity contribution in [2.75, 3.05) is 30.0 Å². The molecule has 1 amide bonds. The minimum atomic E-state index is -0.334. The van der Waals surface area contributed by atoms with Crippen LogP contribution in [-0.4, -0.2) is 38.1 Å². The summed E-state index contributed by atoms with van der Waals surface area (Å²) in [4.78, 5) is 28.8. The van der Waals surface area contributed by atoms with Gasteiger partial charge in [-0.3, -0.25) is 9.59 Å². The number of nitrogens with zero attached hydrogens (tertiary/aromatic N) is 3. The molecule has 6 nitrogen and oxygen atoms in total. The third-order valence-electron chi connectivity index (χ3n) is 6.23. The number of rotatable bonds is 8. The first-order valence-electron chi connectivity index (χ1n) is 12.2. The lowest BCUT2D eigenvalue weighted by molar-refractivity contribution is -0.144. The Morgan fingerprint density at radius 2 is 1.86 bits per heavy atom. The number of hydrogen-bond acceptors (Lipinski definition) is 5. The molecule has 2 aromatic rings. The summed E-state index contributed by atoms with van der Waals surface area (Å²) in [6.07, 6.45) is 4.43. The molecule has 0 atom stereocenters. The standard InChI is InChI=1S/C29H33N3O3/c1-4-35-29(34)17-16-28(33)32(25-11-5-6-12-25)27-15-14-23(19-22(27)2)10-8-18-31(3)26-13-7-9-24(20-26)21-30/h7,9,13-15,19-20,25H,4-6,11-12,16-18H2,1-3H3. The molecule has 1 fully saturated rings. The molecule has 0 spiro atoms. The van der Waals surface area contributed by atoms with E-state index in [1.807, 2.05) is 60.2 Å². The summed E-state index contributed by atoms with van der Waals surface area (Å²) in [6.45, 7) is 4.61. The van der Waals surface area contributed by atoms with Gasteiger partial charge >= 0.3 is 5.97 Å². The van der Waals surface area contributed by atoms with Crippen molar-refractivity contribution >= 4 is 23.3 Å². The van der Waals surface area contributed by atoms with Crippen LogP contribution in [0, 0.1) is 30.1 Å². The monoisotopic (exact) mass is 471 g/mol. The van der Waals surface area contributed by atoms with E-state index in [2.05, 4.69) is 17.9 Å². The number of benzene rings is 2. The highest BCUT2D eigenvalue weighted by atomic mass is 16.5. The maximum atomic E-state index is 13.2. The van der Waals surface area contributed by atoms with Gasteiger partial charge in [0, 0.05) is 36.4 Å². The number of amides is 1. The Hall–Kier alpha value is -3.77. The van der Waals surface area contributed by atoms with Crippen LogP contribution >= 0.6 is 0 Å². The Labute approximate surface area is 208 Å². The lowest BCUT2D eigenvalue weighted by atomic mass is 10.1. The van der Waals surface area contributed by atoms with Crippen LogP contribution in [0.25, 0.3) is 0 Å². The van der Waals surface area contributed by atoms with Crippen molar-refractivity contribution in [3.8, 4) is 17.9 Å². The Morgan fingerprint density at radius 1 is 1.09 bits per heavy atom. The fourth-order valence-electron chi connectivity index (χ4n) is 4.43. The fraction of sp³-hybridized carbons (Fsp3) is 0.414. The van der Waals surface area contributed by atoms with E-state index in [9.17, 15) is 9.59 Å². The number of ether oxygens (including phenoxy) is 1. The molecule has 0 heterocycles. The summed E-state index contributed by atoms with van der Waals surface area (Å²) in [5.74, 6) is 6.04. The molecule has 0 radical (unpaired) electrons. The largest absolute Gasteiger partial charge is 0.466 e. The quantitative estimate of drug-likeness (QED) is 0.401. The van der Waals surface area contributed by atoms with Crippen LogP contribution in [0.2, 0.25) is 0 Å². The first-order chi connectivity index (χ1) is 16.9. The van der Waals surface area contributed by atoms with Crippen LogP contribution in [0.4, 0.5) is 11.4 Å². The van der Waals surface area contributed by atoms with E-state index >= 15 is 0 Å². The average Bonchev–Trinajstić information content (AvgIpc) is 3.39. The molecule has 0 saturated heterocycles. The lowest BCUT2D eigenvalue weighted by Crippen LogP contribution is -2.39. The van der Waals surface area contributed by atoms with Gasteiger partial charge in [0.1, 0.15) is 0 Å². The van der Waals surface area contributed by atoms with Crippen molar-refractivity contribution in [2.24, 2.45) is 0 Å². The van der Waals surface area contributed by atoms with E-state index in [1.54, 1.807) is 13.0 Å². The first-order valence-corrected chi connectivity index (χ1v) is 12.2. The van der Waals surface area contributed by atoms with E-state index in [-0.39, 0.29) is 30.8 Å². The number of hydrogen-bond donors (Lipinski definition) is 0. The van der Waals surface area contributed by atoms with Gasteiger partial charge in [-0.15, -0.1) is 0 Å². The van der Waals surface area contributed by atoms with Gasteiger partial charge in [-0.05, 0) is 68.7 Å². The van der Waals surface area contributed by atoms with E-state index in [0.717, 1.165) is 48.2 Å². The maximum Gasteiger partial charge on any atom is 0.306 e. The summed E-state index contributed by atoms with van der Waals surface area (Å²) in [7, 11) is 1.95. The van der Waals surface area contributed by atoms with E-state index in [0.29, 0.717) is 18.7 Å². The van der Waals surface area contributed by atoms with Gasteiger partial charge in [0.25, 0.3) is 0 Å². The minimum Gasteiger partial charge on any atom is -0.466 e. The molecule has 3 rings (SSSR count). The van der Waals surface area contributed by atoms with E-state index in [4.69, 9.17) is 10.00 Å². The van der Waals surface area contributed by atoms with Gasteiger partial charge in [-0.25, -0.2) is 0 Å². The lowest BCUT2D eigenvalue weighted by Gasteiger charge is -2.30. The number of carbonyl (C=O) groups is 2. The summed E-state index contributed by atoms with van der Waals surface area (Å²) in [5.41, 5.74) is 4.33. The molecule has 0 N–H and O–H groups in total. The molecule has 35 heavy (non-hydrogen) atoms. The van der Waals surface area contributed by atoms with Crippen LogP contribution < -0.4 is 9.80 Å². The molecule has 0 aliphatic heterocycles. The summed E-state index contributed by atoms with van der Waals surface area (Å²) >= 11 is 0.